The van der Waals surface area contributed by atoms with Crippen molar-refractivity contribution in [2.45, 2.75) is 89.3 Å². The fourth-order valence-corrected chi connectivity index (χ4v) is 6.98. The van der Waals surface area contributed by atoms with E-state index in [-0.39, 0.29) is 37.5 Å². The summed E-state index contributed by atoms with van der Waals surface area (Å²) < 4.78 is 28.9. The third kappa shape index (κ3) is 9.88. The van der Waals surface area contributed by atoms with E-state index in [0.717, 1.165) is 37.7 Å². The number of unbranched alkanes of at least 4 members (excludes halogenated alkanes) is 5. The van der Waals surface area contributed by atoms with Crippen LogP contribution in [0.25, 0.3) is 0 Å². The molecular formula is C32H45N5O6S. The van der Waals surface area contributed by atoms with Crippen molar-refractivity contribution in [3.05, 3.63) is 71.3 Å². The number of carboxylic acid groups (broad SMARTS) is 1. The lowest BCUT2D eigenvalue weighted by Crippen LogP contribution is -2.62. The van der Waals surface area contributed by atoms with E-state index in [1.807, 2.05) is 6.07 Å². The van der Waals surface area contributed by atoms with Crippen LogP contribution in [0.1, 0.15) is 81.4 Å². The number of nitrogen functional groups attached to an aromatic ring is 1. The van der Waals surface area contributed by atoms with Crippen molar-refractivity contribution in [3.8, 4) is 0 Å². The first-order valence-electron chi connectivity index (χ1n) is 15.3. The highest BCUT2D eigenvalue weighted by atomic mass is 32.2. The van der Waals surface area contributed by atoms with Crippen LogP contribution in [0.3, 0.4) is 0 Å². The number of hydrogen-bond acceptors (Lipinski definition) is 6. The van der Waals surface area contributed by atoms with Gasteiger partial charge in [0.05, 0.1) is 12.2 Å². The highest BCUT2D eigenvalue weighted by Gasteiger charge is 2.52. The minimum absolute atomic E-state index is 0.0547. The Bertz CT molecular complexity index is 1380. The number of benzene rings is 2. The minimum Gasteiger partial charge on any atom is -0.481 e. The normalized spacial score (nSPS) is 17.2. The van der Waals surface area contributed by atoms with Gasteiger partial charge in [-0.2, -0.15) is 0 Å². The standard InChI is InChI=1S/C32H45N5O6S/c1-2-3-4-5-6-10-20-44(42,43)36-27(21-24-12-8-7-9-13-24)30(40)37-19-11-18-32(37,22-28(38)39)31(41)35-23-25-14-16-26(17-15-25)29(33)34/h7-9,12-17,27,36H,2-6,10-11,18-23H2,1H3,(H3,33,34)(H,35,41)(H,38,39)/t27-,32-/m1/s1. The van der Waals surface area contributed by atoms with Gasteiger partial charge in [-0.3, -0.25) is 19.8 Å². The van der Waals surface area contributed by atoms with Gasteiger partial charge in [-0.15, -0.1) is 0 Å². The maximum absolute atomic E-state index is 14.1. The van der Waals surface area contributed by atoms with E-state index < -0.39 is 45.8 Å². The predicted octanol–water partition coefficient (Wildman–Crippen LogP) is 3.31. The van der Waals surface area contributed by atoms with Crippen molar-refractivity contribution >= 4 is 33.6 Å². The zero-order valence-corrected chi connectivity index (χ0v) is 26.2. The van der Waals surface area contributed by atoms with Crippen molar-refractivity contribution in [3.63, 3.8) is 0 Å². The van der Waals surface area contributed by atoms with E-state index in [4.69, 9.17) is 11.1 Å². The number of nitrogens with zero attached hydrogens (tertiary/aromatic N) is 1. The summed E-state index contributed by atoms with van der Waals surface area (Å²) in [6.07, 6.45) is 5.38. The molecule has 6 N–H and O–H groups in total. The first-order valence-corrected chi connectivity index (χ1v) is 16.9. The molecule has 0 saturated carbocycles. The Kier molecular flexibility index (Phi) is 12.9. The van der Waals surface area contributed by atoms with Crippen LogP contribution < -0.4 is 15.8 Å². The number of carbonyl (C=O) groups excluding carboxylic acids is 2. The topological polar surface area (TPSA) is 183 Å². The van der Waals surface area contributed by atoms with Crippen molar-refractivity contribution in [2.24, 2.45) is 5.73 Å². The van der Waals surface area contributed by atoms with E-state index in [1.54, 1.807) is 48.5 Å². The monoisotopic (exact) mass is 627 g/mol. The second-order valence-electron chi connectivity index (χ2n) is 11.4. The van der Waals surface area contributed by atoms with E-state index in [9.17, 15) is 27.9 Å². The number of likely N-dealkylation sites (tertiary alicyclic amines) is 1. The summed E-state index contributed by atoms with van der Waals surface area (Å²) in [7, 11) is -3.84. The third-order valence-electron chi connectivity index (χ3n) is 8.01. The zero-order chi connectivity index (χ0) is 32.2. The lowest BCUT2D eigenvalue weighted by Gasteiger charge is -2.38. The predicted molar refractivity (Wildman–Crippen MR) is 169 cm³/mol. The molecule has 0 aliphatic carbocycles. The maximum Gasteiger partial charge on any atom is 0.306 e. The Morgan fingerprint density at radius 3 is 2.30 bits per heavy atom. The number of amidine groups is 1. The molecule has 0 aromatic heterocycles. The Hall–Kier alpha value is -3.77. The minimum atomic E-state index is -3.84. The van der Waals surface area contributed by atoms with Gasteiger partial charge in [-0.1, -0.05) is 93.6 Å². The van der Waals surface area contributed by atoms with Gasteiger partial charge in [-0.05, 0) is 36.8 Å². The van der Waals surface area contributed by atoms with Gasteiger partial charge < -0.3 is 21.1 Å². The number of hydrogen-bond donors (Lipinski definition) is 5. The number of nitrogens with two attached hydrogens (primary N) is 1. The number of amides is 2. The molecule has 3 rings (SSSR count). The van der Waals surface area contributed by atoms with Gasteiger partial charge in [0, 0.05) is 18.7 Å². The molecule has 1 fully saturated rings. The second-order valence-corrected chi connectivity index (χ2v) is 13.3. The van der Waals surface area contributed by atoms with Crippen molar-refractivity contribution < 1.29 is 27.9 Å². The molecule has 1 heterocycles. The van der Waals surface area contributed by atoms with E-state index in [0.29, 0.717) is 24.0 Å². The Morgan fingerprint density at radius 1 is 1.00 bits per heavy atom. The molecule has 0 bridgehead atoms. The van der Waals surface area contributed by atoms with Crippen LogP contribution in [0.5, 0.6) is 0 Å². The number of carbonyl (C=O) groups is 3. The molecule has 44 heavy (non-hydrogen) atoms. The van der Waals surface area contributed by atoms with Gasteiger partial charge in [-0.25, -0.2) is 13.1 Å². The summed E-state index contributed by atoms with van der Waals surface area (Å²) in [5.41, 5.74) is 5.79. The summed E-state index contributed by atoms with van der Waals surface area (Å²) in [5.74, 6) is -2.70. The summed E-state index contributed by atoms with van der Waals surface area (Å²) in [4.78, 5) is 41.2. The number of nitrogens with one attached hydrogen (secondary N) is 3. The summed E-state index contributed by atoms with van der Waals surface area (Å²) in [6.45, 7) is 2.30. The number of rotatable bonds is 18. The molecule has 1 aliphatic heterocycles. The summed E-state index contributed by atoms with van der Waals surface area (Å²) >= 11 is 0. The Morgan fingerprint density at radius 2 is 1.66 bits per heavy atom. The van der Waals surface area contributed by atoms with Crippen molar-refractivity contribution in [1.29, 1.82) is 5.41 Å². The fourth-order valence-electron chi connectivity index (χ4n) is 5.66. The summed E-state index contributed by atoms with van der Waals surface area (Å²) in [5, 5.41) is 20.2. The van der Waals surface area contributed by atoms with Crippen LogP contribution in [0.2, 0.25) is 0 Å². The summed E-state index contributed by atoms with van der Waals surface area (Å²) in [6, 6.07) is 14.5. The highest BCUT2D eigenvalue weighted by Crippen LogP contribution is 2.34. The molecule has 12 heteroatoms. The number of carboxylic acids is 1. The van der Waals surface area contributed by atoms with Crippen LogP contribution in [-0.4, -0.2) is 65.9 Å². The smallest absolute Gasteiger partial charge is 0.306 e. The lowest BCUT2D eigenvalue weighted by molar-refractivity contribution is -0.152. The molecule has 11 nitrogen and oxygen atoms in total. The van der Waals surface area contributed by atoms with Gasteiger partial charge in [0.2, 0.25) is 21.8 Å². The molecule has 1 saturated heterocycles. The van der Waals surface area contributed by atoms with Gasteiger partial charge in [0.25, 0.3) is 0 Å². The molecular weight excluding hydrogens is 582 g/mol. The highest BCUT2D eigenvalue weighted by molar-refractivity contribution is 7.89. The van der Waals surface area contributed by atoms with Gasteiger partial charge in [0.1, 0.15) is 17.4 Å². The molecule has 0 radical (unpaired) electrons. The van der Waals surface area contributed by atoms with Gasteiger partial charge in [0.15, 0.2) is 0 Å². The Labute approximate surface area is 260 Å². The molecule has 2 aromatic rings. The van der Waals surface area contributed by atoms with Crippen molar-refractivity contribution in [2.75, 3.05) is 12.3 Å². The SMILES string of the molecule is CCCCCCCCS(=O)(=O)N[C@H](Cc1ccccc1)C(=O)N1CCC[C@@]1(CC(=O)O)C(=O)NCc1ccc(C(=N)N)cc1. The fraction of sp³-hybridized carbons (Fsp3) is 0.500. The molecule has 1 aliphatic rings. The first-order chi connectivity index (χ1) is 21.0. The molecule has 0 unspecified atom stereocenters. The van der Waals surface area contributed by atoms with Crippen LogP contribution in [0.15, 0.2) is 54.6 Å². The molecule has 0 spiro atoms. The first kappa shape index (κ1) is 34.7. The maximum atomic E-state index is 14.1. The van der Waals surface area contributed by atoms with Crippen LogP contribution in [0, 0.1) is 5.41 Å². The van der Waals surface area contributed by atoms with E-state index in [1.165, 1.54) is 4.90 Å². The average molecular weight is 628 g/mol. The molecule has 2 amide bonds. The van der Waals surface area contributed by atoms with E-state index >= 15 is 0 Å². The molecule has 2 aromatic carbocycles. The quantitative estimate of drug-likeness (QED) is 0.0954. The Balaban J connectivity index is 1.82. The second kappa shape index (κ2) is 16.3. The number of sulfonamides is 1. The van der Waals surface area contributed by atoms with E-state index in [2.05, 4.69) is 17.0 Å². The number of aliphatic carboxylic acids is 1. The molecule has 240 valence electrons. The molecule has 2 atom stereocenters. The van der Waals surface area contributed by atoms with Crippen LogP contribution in [-0.2, 0) is 37.4 Å². The zero-order valence-electron chi connectivity index (χ0n) is 25.4. The van der Waals surface area contributed by atoms with Crippen molar-refractivity contribution in [1.82, 2.24) is 14.9 Å². The van der Waals surface area contributed by atoms with Crippen LogP contribution in [0.4, 0.5) is 0 Å². The largest absolute Gasteiger partial charge is 0.481 e. The third-order valence-corrected chi connectivity index (χ3v) is 9.48. The van der Waals surface area contributed by atoms with Crippen LogP contribution >= 0.6 is 0 Å². The average Bonchev–Trinajstić information content (AvgIpc) is 3.41. The van der Waals surface area contributed by atoms with Gasteiger partial charge >= 0.3 is 5.97 Å². The lowest BCUT2D eigenvalue weighted by atomic mass is 9.89.